The van der Waals surface area contributed by atoms with Crippen LogP contribution in [0.2, 0.25) is 0 Å². The minimum absolute atomic E-state index is 0.255. The molecule has 2 heterocycles. The van der Waals surface area contributed by atoms with Crippen LogP contribution >= 0.6 is 0 Å². The summed E-state index contributed by atoms with van der Waals surface area (Å²) in [6, 6.07) is 22.1. The number of piperidine rings is 1. The van der Waals surface area contributed by atoms with Crippen molar-refractivity contribution in [1.82, 2.24) is 9.13 Å². The number of aromatic nitrogens is 2. The van der Waals surface area contributed by atoms with Crippen molar-refractivity contribution in [3.8, 4) is 0 Å². The summed E-state index contributed by atoms with van der Waals surface area (Å²) < 4.78 is 2.91. The normalized spacial score (nSPS) is 15.0. The van der Waals surface area contributed by atoms with E-state index in [0.717, 1.165) is 37.3 Å². The molecule has 0 unspecified atom stereocenters. The molecule has 1 aliphatic rings. The lowest BCUT2D eigenvalue weighted by atomic mass is 9.89. The molecule has 144 valence electrons. The maximum absolute atomic E-state index is 12.8. The number of hydrogen-bond acceptors (Lipinski definition) is 3. The zero-order valence-corrected chi connectivity index (χ0v) is 16.1. The third-order valence-corrected chi connectivity index (χ3v) is 5.65. The van der Waals surface area contributed by atoms with Crippen molar-refractivity contribution in [2.75, 3.05) is 18.0 Å². The summed E-state index contributed by atoms with van der Waals surface area (Å²) in [5, 5.41) is 0. The predicted molar refractivity (Wildman–Crippen MR) is 112 cm³/mol. The molecule has 1 aromatic heterocycles. The summed E-state index contributed by atoms with van der Waals surface area (Å²) in [5.41, 5.74) is 1.89. The second-order valence-electron chi connectivity index (χ2n) is 7.43. The van der Waals surface area contributed by atoms with Gasteiger partial charge in [0.2, 0.25) is 0 Å². The van der Waals surface area contributed by atoms with Gasteiger partial charge in [0.25, 0.3) is 5.56 Å². The van der Waals surface area contributed by atoms with Gasteiger partial charge in [-0.15, -0.1) is 0 Å². The van der Waals surface area contributed by atoms with E-state index in [2.05, 4.69) is 29.2 Å². The Kier molecular flexibility index (Phi) is 5.15. The van der Waals surface area contributed by atoms with Gasteiger partial charge in [0.05, 0.1) is 6.54 Å². The first-order valence-corrected chi connectivity index (χ1v) is 9.78. The molecule has 4 rings (SSSR count). The number of nitrogens with zero attached hydrogens (tertiary/aromatic N) is 3. The molecule has 0 bridgehead atoms. The molecule has 28 heavy (non-hydrogen) atoms. The standard InChI is InChI=1S/C23H25N3O2/c1-24-22(27)16-21(26(23(24)28)17-18-8-4-2-5-9-18)25-14-12-20(13-15-25)19-10-6-3-7-11-19/h2-11,16,20H,12-15,17H2,1H3. The van der Waals surface area contributed by atoms with E-state index in [9.17, 15) is 9.59 Å². The lowest BCUT2D eigenvalue weighted by Gasteiger charge is -2.35. The summed E-state index contributed by atoms with van der Waals surface area (Å²) in [4.78, 5) is 27.3. The molecule has 0 radical (unpaired) electrons. The van der Waals surface area contributed by atoms with Crippen molar-refractivity contribution in [3.63, 3.8) is 0 Å². The Bertz CT molecular complexity index is 1050. The highest BCUT2D eigenvalue weighted by atomic mass is 16.2. The third kappa shape index (κ3) is 3.65. The topological polar surface area (TPSA) is 47.2 Å². The van der Waals surface area contributed by atoms with Crippen LogP contribution in [0.15, 0.2) is 76.3 Å². The first-order valence-electron chi connectivity index (χ1n) is 9.78. The molecule has 0 spiro atoms. The summed E-state index contributed by atoms with van der Waals surface area (Å²) in [7, 11) is 1.54. The van der Waals surface area contributed by atoms with Crippen molar-refractivity contribution in [1.29, 1.82) is 0 Å². The summed E-state index contributed by atoms with van der Waals surface area (Å²) in [5.74, 6) is 1.25. The minimum atomic E-state index is -0.267. The molecule has 1 fully saturated rings. The first-order chi connectivity index (χ1) is 13.6. The number of anilines is 1. The fourth-order valence-corrected chi connectivity index (χ4v) is 4.00. The summed E-state index contributed by atoms with van der Waals surface area (Å²) >= 11 is 0. The van der Waals surface area contributed by atoms with Gasteiger partial charge in [0.15, 0.2) is 0 Å². The fraction of sp³-hybridized carbons (Fsp3) is 0.304. The molecule has 0 aliphatic carbocycles. The van der Waals surface area contributed by atoms with Crippen LogP contribution in [0, 0.1) is 0 Å². The minimum Gasteiger partial charge on any atom is -0.358 e. The van der Waals surface area contributed by atoms with Gasteiger partial charge in [-0.2, -0.15) is 0 Å². The van der Waals surface area contributed by atoms with E-state index < -0.39 is 0 Å². The van der Waals surface area contributed by atoms with Crippen LogP contribution in [0.5, 0.6) is 0 Å². The maximum Gasteiger partial charge on any atom is 0.332 e. The zero-order valence-electron chi connectivity index (χ0n) is 16.1. The predicted octanol–water partition coefficient (Wildman–Crippen LogP) is 2.98. The van der Waals surface area contributed by atoms with E-state index in [0.29, 0.717) is 12.5 Å². The van der Waals surface area contributed by atoms with Crippen LogP contribution < -0.4 is 16.1 Å². The molecular weight excluding hydrogens is 350 g/mol. The van der Waals surface area contributed by atoms with Gasteiger partial charge in [-0.25, -0.2) is 4.79 Å². The van der Waals surface area contributed by atoms with Gasteiger partial charge >= 0.3 is 5.69 Å². The fourth-order valence-electron chi connectivity index (χ4n) is 4.00. The lowest BCUT2D eigenvalue weighted by molar-refractivity contribution is 0.491. The lowest BCUT2D eigenvalue weighted by Crippen LogP contribution is -2.43. The first kappa shape index (κ1) is 18.3. The molecule has 1 saturated heterocycles. The van der Waals surface area contributed by atoms with Crippen molar-refractivity contribution in [2.24, 2.45) is 7.05 Å². The van der Waals surface area contributed by atoms with Crippen molar-refractivity contribution in [2.45, 2.75) is 25.3 Å². The van der Waals surface area contributed by atoms with Gasteiger partial charge in [-0.1, -0.05) is 60.7 Å². The molecule has 5 nitrogen and oxygen atoms in total. The Morgan fingerprint density at radius 3 is 2.14 bits per heavy atom. The molecule has 0 N–H and O–H groups in total. The van der Waals surface area contributed by atoms with E-state index in [1.54, 1.807) is 10.6 Å². The molecule has 2 aromatic carbocycles. The second kappa shape index (κ2) is 7.89. The molecule has 0 saturated carbocycles. The zero-order chi connectivity index (χ0) is 19.5. The van der Waals surface area contributed by atoms with E-state index in [-0.39, 0.29) is 11.2 Å². The van der Waals surface area contributed by atoms with Crippen LogP contribution in [0.3, 0.4) is 0 Å². The van der Waals surface area contributed by atoms with Crippen LogP contribution in [0.4, 0.5) is 5.82 Å². The largest absolute Gasteiger partial charge is 0.358 e. The molecule has 3 aromatic rings. The van der Waals surface area contributed by atoms with Crippen LogP contribution in [0.25, 0.3) is 0 Å². The monoisotopic (exact) mass is 375 g/mol. The van der Waals surface area contributed by atoms with Gasteiger partial charge in [0.1, 0.15) is 5.82 Å². The van der Waals surface area contributed by atoms with E-state index >= 15 is 0 Å². The van der Waals surface area contributed by atoms with Gasteiger partial charge < -0.3 is 4.90 Å². The SMILES string of the molecule is Cn1c(=O)cc(N2CCC(c3ccccc3)CC2)n(Cc2ccccc2)c1=O. The highest BCUT2D eigenvalue weighted by Gasteiger charge is 2.23. The smallest absolute Gasteiger partial charge is 0.332 e. The Labute approximate surface area is 164 Å². The third-order valence-electron chi connectivity index (χ3n) is 5.65. The Hall–Kier alpha value is -3.08. The summed E-state index contributed by atoms with van der Waals surface area (Å²) in [6.07, 6.45) is 2.03. The molecule has 0 amide bonds. The van der Waals surface area contributed by atoms with E-state index in [1.807, 2.05) is 36.4 Å². The second-order valence-corrected chi connectivity index (χ2v) is 7.43. The van der Waals surface area contributed by atoms with Crippen molar-refractivity contribution in [3.05, 3.63) is 98.7 Å². The Morgan fingerprint density at radius 1 is 0.893 bits per heavy atom. The van der Waals surface area contributed by atoms with Gasteiger partial charge in [-0.05, 0) is 29.9 Å². The highest BCUT2D eigenvalue weighted by Crippen LogP contribution is 2.29. The summed E-state index contributed by atoms with van der Waals surface area (Å²) in [6.45, 7) is 2.13. The van der Waals surface area contributed by atoms with Gasteiger partial charge in [0, 0.05) is 26.2 Å². The molecule has 0 atom stereocenters. The highest BCUT2D eigenvalue weighted by molar-refractivity contribution is 5.40. The average molecular weight is 375 g/mol. The van der Waals surface area contributed by atoms with Crippen LogP contribution in [-0.4, -0.2) is 22.2 Å². The van der Waals surface area contributed by atoms with Crippen LogP contribution in [-0.2, 0) is 13.6 Å². The molecule has 1 aliphatic heterocycles. The Balaban J connectivity index is 1.62. The quantitative estimate of drug-likeness (QED) is 0.704. The van der Waals surface area contributed by atoms with E-state index in [1.165, 1.54) is 17.2 Å². The molecular formula is C23H25N3O2. The Morgan fingerprint density at radius 2 is 1.50 bits per heavy atom. The number of rotatable bonds is 4. The van der Waals surface area contributed by atoms with Crippen molar-refractivity contribution >= 4 is 5.82 Å². The van der Waals surface area contributed by atoms with Gasteiger partial charge in [-0.3, -0.25) is 13.9 Å². The number of hydrogen-bond donors (Lipinski definition) is 0. The molecule has 5 heteroatoms. The average Bonchev–Trinajstić information content (AvgIpc) is 2.75. The van der Waals surface area contributed by atoms with Crippen molar-refractivity contribution < 1.29 is 0 Å². The van der Waals surface area contributed by atoms with Crippen LogP contribution in [0.1, 0.15) is 29.9 Å². The number of benzene rings is 2. The van der Waals surface area contributed by atoms with E-state index in [4.69, 9.17) is 0 Å². The maximum atomic E-state index is 12.8.